The maximum absolute atomic E-state index is 12.6. The lowest BCUT2D eigenvalue weighted by atomic mass is 10.0. The molecule has 1 aromatic rings. The molecule has 7 nitrogen and oxygen atoms in total. The van der Waals surface area contributed by atoms with Gasteiger partial charge in [-0.15, -0.1) is 0 Å². The molecular weight excluding hydrogens is 346 g/mol. The van der Waals surface area contributed by atoms with Crippen molar-refractivity contribution in [2.45, 2.75) is 44.8 Å². The highest BCUT2D eigenvalue weighted by Gasteiger charge is 2.39. The third-order valence-corrected chi connectivity index (χ3v) is 5.01. The molecule has 4 amide bonds. The fourth-order valence-corrected chi connectivity index (χ4v) is 3.36. The predicted molar refractivity (Wildman–Crippen MR) is 94.8 cm³/mol. The number of hydrogen-bond donors (Lipinski definition) is 2. The summed E-state index contributed by atoms with van der Waals surface area (Å²) in [5.74, 6) is 4.66. The van der Waals surface area contributed by atoms with Crippen molar-refractivity contribution in [2.75, 3.05) is 0 Å². The Morgan fingerprint density at radius 1 is 1.22 bits per heavy atom. The summed E-state index contributed by atoms with van der Waals surface area (Å²) in [6.07, 6.45) is 2.72. The molecule has 2 heterocycles. The molecule has 1 aliphatic carbocycles. The minimum atomic E-state index is -0.622. The van der Waals surface area contributed by atoms with Crippen LogP contribution in [0.2, 0.25) is 0 Å². The number of carbonyl (C=O) groups is 4. The number of piperidine rings is 1. The SMILES string of the molecule is O=C(C#CC1CC1)NCc1ccc2c(c1)CN(C1CCC(=O)NC1=O)C2=O. The van der Waals surface area contributed by atoms with Gasteiger partial charge in [0, 0.05) is 31.0 Å². The Morgan fingerprint density at radius 2 is 2.04 bits per heavy atom. The van der Waals surface area contributed by atoms with Gasteiger partial charge in [0.1, 0.15) is 6.04 Å². The van der Waals surface area contributed by atoms with Gasteiger partial charge in [-0.05, 0) is 42.4 Å². The molecule has 1 saturated heterocycles. The van der Waals surface area contributed by atoms with E-state index >= 15 is 0 Å². The van der Waals surface area contributed by atoms with Gasteiger partial charge in [0.05, 0.1) is 0 Å². The number of carbonyl (C=O) groups excluding carboxylic acids is 4. The molecule has 27 heavy (non-hydrogen) atoms. The minimum Gasteiger partial charge on any atom is -0.341 e. The van der Waals surface area contributed by atoms with E-state index in [0.29, 0.717) is 31.0 Å². The average molecular weight is 365 g/mol. The van der Waals surface area contributed by atoms with Gasteiger partial charge in [-0.3, -0.25) is 24.5 Å². The van der Waals surface area contributed by atoms with Gasteiger partial charge in [-0.2, -0.15) is 0 Å². The predicted octanol–water partition coefficient (Wildman–Crippen LogP) is 0.477. The molecule has 1 atom stereocenters. The summed E-state index contributed by atoms with van der Waals surface area (Å²) in [5.41, 5.74) is 2.25. The number of nitrogens with zero attached hydrogens (tertiary/aromatic N) is 1. The molecule has 0 radical (unpaired) electrons. The average Bonchev–Trinajstić information content (AvgIpc) is 3.42. The van der Waals surface area contributed by atoms with E-state index in [2.05, 4.69) is 22.5 Å². The Bertz CT molecular complexity index is 908. The lowest BCUT2D eigenvalue weighted by Crippen LogP contribution is -2.52. The maximum atomic E-state index is 12.6. The fraction of sp³-hybridized carbons (Fsp3) is 0.400. The second-order valence-electron chi connectivity index (χ2n) is 7.12. The summed E-state index contributed by atoms with van der Waals surface area (Å²) in [6.45, 7) is 0.655. The van der Waals surface area contributed by atoms with E-state index in [1.54, 1.807) is 12.1 Å². The van der Waals surface area contributed by atoms with Crippen LogP contribution in [0.25, 0.3) is 0 Å². The van der Waals surface area contributed by atoms with Gasteiger partial charge in [0.2, 0.25) is 11.8 Å². The number of nitrogens with one attached hydrogen (secondary N) is 2. The number of hydrogen-bond acceptors (Lipinski definition) is 4. The van der Waals surface area contributed by atoms with E-state index in [1.165, 1.54) is 4.90 Å². The van der Waals surface area contributed by atoms with Crippen LogP contribution >= 0.6 is 0 Å². The fourth-order valence-electron chi connectivity index (χ4n) is 3.36. The van der Waals surface area contributed by atoms with Crippen LogP contribution in [-0.4, -0.2) is 34.6 Å². The van der Waals surface area contributed by atoms with Crippen molar-refractivity contribution in [1.82, 2.24) is 15.5 Å². The summed E-state index contributed by atoms with van der Waals surface area (Å²) in [4.78, 5) is 49.2. The smallest absolute Gasteiger partial charge is 0.296 e. The van der Waals surface area contributed by atoms with Crippen molar-refractivity contribution in [3.63, 3.8) is 0 Å². The van der Waals surface area contributed by atoms with Crippen molar-refractivity contribution < 1.29 is 19.2 Å². The molecule has 2 fully saturated rings. The summed E-state index contributed by atoms with van der Waals surface area (Å²) >= 11 is 0. The molecule has 1 unspecified atom stereocenters. The summed E-state index contributed by atoms with van der Waals surface area (Å²) in [5, 5.41) is 5.05. The molecule has 1 aromatic carbocycles. The Hall–Kier alpha value is -3.14. The molecule has 0 bridgehead atoms. The van der Waals surface area contributed by atoms with Gasteiger partial charge in [0.15, 0.2) is 0 Å². The molecule has 138 valence electrons. The van der Waals surface area contributed by atoms with E-state index in [-0.39, 0.29) is 24.1 Å². The maximum Gasteiger partial charge on any atom is 0.296 e. The van der Waals surface area contributed by atoms with Crippen molar-refractivity contribution >= 4 is 23.6 Å². The first-order chi connectivity index (χ1) is 13.0. The lowest BCUT2D eigenvalue weighted by molar-refractivity contribution is -0.137. The van der Waals surface area contributed by atoms with Crippen LogP contribution < -0.4 is 10.6 Å². The van der Waals surface area contributed by atoms with Crippen LogP contribution in [0, 0.1) is 17.8 Å². The molecule has 4 rings (SSSR count). The van der Waals surface area contributed by atoms with Crippen LogP contribution in [0.15, 0.2) is 18.2 Å². The van der Waals surface area contributed by atoms with Crippen molar-refractivity contribution in [1.29, 1.82) is 0 Å². The lowest BCUT2D eigenvalue weighted by Gasteiger charge is -2.29. The van der Waals surface area contributed by atoms with Crippen LogP contribution in [0.4, 0.5) is 0 Å². The molecule has 2 N–H and O–H groups in total. The van der Waals surface area contributed by atoms with E-state index in [9.17, 15) is 19.2 Å². The van der Waals surface area contributed by atoms with E-state index in [1.807, 2.05) is 6.07 Å². The number of amides is 4. The highest BCUT2D eigenvalue weighted by molar-refractivity contribution is 6.05. The van der Waals surface area contributed by atoms with Gasteiger partial charge in [0.25, 0.3) is 11.8 Å². The highest BCUT2D eigenvalue weighted by Crippen LogP contribution is 2.28. The third-order valence-electron chi connectivity index (χ3n) is 5.01. The van der Waals surface area contributed by atoms with Crippen LogP contribution in [-0.2, 0) is 27.5 Å². The van der Waals surface area contributed by atoms with Crippen LogP contribution in [0.5, 0.6) is 0 Å². The van der Waals surface area contributed by atoms with Gasteiger partial charge in [-0.25, -0.2) is 0 Å². The first-order valence-electron chi connectivity index (χ1n) is 9.07. The standard InChI is InChI=1S/C20H19N3O4/c24-17(7-4-12-1-2-12)21-10-13-3-5-15-14(9-13)11-23(20(15)27)16-6-8-18(25)22-19(16)26/h3,5,9,12,16H,1-2,6,8,10-11H2,(H,21,24)(H,22,25,26). The topological polar surface area (TPSA) is 95.6 Å². The number of rotatable bonds is 3. The normalized spacial score (nSPS) is 21.3. The van der Waals surface area contributed by atoms with E-state index in [4.69, 9.17) is 0 Å². The van der Waals surface area contributed by atoms with Gasteiger partial charge < -0.3 is 10.2 Å². The number of fused-ring (bicyclic) bond motifs is 1. The number of benzene rings is 1. The second kappa shape index (κ2) is 6.88. The van der Waals surface area contributed by atoms with Crippen LogP contribution in [0.1, 0.15) is 47.2 Å². The van der Waals surface area contributed by atoms with Crippen molar-refractivity contribution in [2.24, 2.45) is 5.92 Å². The largest absolute Gasteiger partial charge is 0.341 e. The third kappa shape index (κ3) is 3.70. The second-order valence-corrected chi connectivity index (χ2v) is 7.12. The van der Waals surface area contributed by atoms with Crippen molar-refractivity contribution in [3.05, 3.63) is 34.9 Å². The molecule has 2 aliphatic heterocycles. The zero-order chi connectivity index (χ0) is 19.0. The van der Waals surface area contributed by atoms with Gasteiger partial charge in [-0.1, -0.05) is 18.1 Å². The quantitative estimate of drug-likeness (QED) is 0.602. The summed E-state index contributed by atoms with van der Waals surface area (Å²) in [7, 11) is 0. The molecule has 0 aromatic heterocycles. The first-order valence-corrected chi connectivity index (χ1v) is 9.07. The Kier molecular flexibility index (Phi) is 4.40. The minimum absolute atomic E-state index is 0.203. The Balaban J connectivity index is 1.41. The summed E-state index contributed by atoms with van der Waals surface area (Å²) < 4.78 is 0. The summed E-state index contributed by atoms with van der Waals surface area (Å²) in [6, 6.07) is 4.76. The van der Waals surface area contributed by atoms with E-state index < -0.39 is 11.9 Å². The van der Waals surface area contributed by atoms with Gasteiger partial charge >= 0.3 is 0 Å². The zero-order valence-electron chi connectivity index (χ0n) is 14.7. The Labute approximate surface area is 156 Å². The first kappa shape index (κ1) is 17.3. The number of imide groups is 1. The highest BCUT2D eigenvalue weighted by atomic mass is 16.2. The molecule has 0 spiro atoms. The Morgan fingerprint density at radius 3 is 2.78 bits per heavy atom. The van der Waals surface area contributed by atoms with Crippen molar-refractivity contribution in [3.8, 4) is 11.8 Å². The zero-order valence-corrected chi connectivity index (χ0v) is 14.7. The molecule has 7 heteroatoms. The monoisotopic (exact) mass is 365 g/mol. The van der Waals surface area contributed by atoms with Crippen LogP contribution in [0.3, 0.4) is 0 Å². The molecule has 1 saturated carbocycles. The van der Waals surface area contributed by atoms with E-state index in [0.717, 1.165) is 24.0 Å². The molecule has 3 aliphatic rings. The molecular formula is C20H19N3O4.